The lowest BCUT2D eigenvalue weighted by atomic mass is 9.87. The summed E-state index contributed by atoms with van der Waals surface area (Å²) in [5.41, 5.74) is 2.61. The summed E-state index contributed by atoms with van der Waals surface area (Å²) in [5, 5.41) is 12.5. The van der Waals surface area contributed by atoms with Gasteiger partial charge in [-0.2, -0.15) is 0 Å². The Hall–Kier alpha value is -1.53. The van der Waals surface area contributed by atoms with Crippen molar-refractivity contribution in [2.75, 3.05) is 12.3 Å². The Morgan fingerprint density at radius 1 is 1.32 bits per heavy atom. The van der Waals surface area contributed by atoms with Gasteiger partial charge in [0.25, 0.3) is 0 Å². The Bertz CT molecular complexity index is 578. The van der Waals surface area contributed by atoms with Crippen LogP contribution in [0.2, 0.25) is 6.82 Å². The van der Waals surface area contributed by atoms with Gasteiger partial charge in [-0.1, -0.05) is 18.2 Å². The SMILES string of the molecule is COc1ccccc1-c1cc(Br)ncc1NB(C)O. The molecule has 0 saturated heterocycles. The lowest BCUT2D eigenvalue weighted by Crippen LogP contribution is -2.20. The van der Waals surface area contributed by atoms with E-state index < -0.39 is 7.05 Å². The summed E-state index contributed by atoms with van der Waals surface area (Å²) in [7, 11) is 0.980. The van der Waals surface area contributed by atoms with Crippen LogP contribution in [-0.4, -0.2) is 24.2 Å². The molecule has 1 aromatic heterocycles. The molecular weight excluding hydrogens is 307 g/mol. The number of halogens is 1. The van der Waals surface area contributed by atoms with E-state index in [1.807, 2.05) is 30.3 Å². The van der Waals surface area contributed by atoms with Gasteiger partial charge in [0.05, 0.1) is 19.0 Å². The number of ether oxygens (including phenoxy) is 1. The molecule has 2 rings (SSSR count). The summed E-state index contributed by atoms with van der Waals surface area (Å²) < 4.78 is 6.10. The lowest BCUT2D eigenvalue weighted by molar-refractivity contribution is 0.416. The molecule has 0 saturated carbocycles. The van der Waals surface area contributed by atoms with E-state index in [-0.39, 0.29) is 0 Å². The van der Waals surface area contributed by atoms with Crippen molar-refractivity contribution in [2.24, 2.45) is 0 Å². The summed E-state index contributed by atoms with van der Waals surface area (Å²) in [5.74, 6) is 0.772. The van der Waals surface area contributed by atoms with E-state index in [1.54, 1.807) is 20.1 Å². The van der Waals surface area contributed by atoms with Crippen LogP contribution in [0.5, 0.6) is 5.75 Å². The van der Waals surface area contributed by atoms with E-state index in [9.17, 15) is 5.02 Å². The second-order valence-corrected chi connectivity index (χ2v) is 4.89. The van der Waals surface area contributed by atoms with Crippen LogP contribution in [0.1, 0.15) is 0 Å². The third kappa shape index (κ3) is 3.27. The van der Waals surface area contributed by atoms with Gasteiger partial charge in [0.15, 0.2) is 0 Å². The Morgan fingerprint density at radius 2 is 2.05 bits per heavy atom. The summed E-state index contributed by atoms with van der Waals surface area (Å²) in [6.45, 7) is 1.66. The van der Waals surface area contributed by atoms with Crippen LogP contribution in [-0.2, 0) is 0 Å². The molecule has 2 N–H and O–H groups in total. The minimum absolute atomic E-state index is 0.656. The molecule has 0 atom stereocenters. The molecule has 0 aliphatic rings. The van der Waals surface area contributed by atoms with Crippen molar-refractivity contribution in [3.63, 3.8) is 0 Å². The largest absolute Gasteiger partial charge is 0.496 e. The van der Waals surface area contributed by atoms with Crippen molar-refractivity contribution in [1.82, 2.24) is 4.98 Å². The third-order valence-corrected chi connectivity index (χ3v) is 3.07. The van der Waals surface area contributed by atoms with Crippen molar-refractivity contribution in [1.29, 1.82) is 0 Å². The molecule has 0 aliphatic heterocycles. The van der Waals surface area contributed by atoms with Crippen molar-refractivity contribution < 1.29 is 9.76 Å². The van der Waals surface area contributed by atoms with Crippen molar-refractivity contribution in [3.05, 3.63) is 41.1 Å². The van der Waals surface area contributed by atoms with Gasteiger partial charge in [0.2, 0.25) is 0 Å². The molecule has 98 valence electrons. The van der Waals surface area contributed by atoms with Crippen LogP contribution in [0.25, 0.3) is 11.1 Å². The first-order valence-electron chi connectivity index (χ1n) is 5.85. The number of para-hydroxylation sites is 1. The van der Waals surface area contributed by atoms with Gasteiger partial charge >= 0.3 is 7.05 Å². The van der Waals surface area contributed by atoms with Crippen LogP contribution in [0.4, 0.5) is 5.69 Å². The van der Waals surface area contributed by atoms with E-state index in [0.29, 0.717) is 0 Å². The first-order valence-corrected chi connectivity index (χ1v) is 6.64. The topological polar surface area (TPSA) is 54.4 Å². The molecule has 0 bridgehead atoms. The van der Waals surface area contributed by atoms with Gasteiger partial charge in [-0.25, -0.2) is 4.98 Å². The van der Waals surface area contributed by atoms with E-state index in [2.05, 4.69) is 26.1 Å². The number of pyridine rings is 1. The summed E-state index contributed by atoms with van der Waals surface area (Å²) in [6.07, 6.45) is 1.68. The molecule has 0 fully saturated rings. The fraction of sp³-hybridized carbons (Fsp3) is 0.154. The molecule has 1 aromatic carbocycles. The molecule has 4 nitrogen and oxygen atoms in total. The van der Waals surface area contributed by atoms with E-state index in [4.69, 9.17) is 4.74 Å². The average Bonchev–Trinajstić information content (AvgIpc) is 2.40. The monoisotopic (exact) mass is 320 g/mol. The average molecular weight is 321 g/mol. The highest BCUT2D eigenvalue weighted by molar-refractivity contribution is 9.10. The Labute approximate surface area is 121 Å². The zero-order valence-corrected chi connectivity index (χ0v) is 12.3. The standard InChI is InChI=1S/C13H14BBrN2O2/c1-14(18)17-11-8-16-13(15)7-10(11)9-5-3-4-6-12(9)19-2/h3-8,17-18H,1-2H3. The van der Waals surface area contributed by atoms with Crippen molar-refractivity contribution in [3.8, 4) is 16.9 Å². The minimum atomic E-state index is -0.656. The van der Waals surface area contributed by atoms with Gasteiger partial charge in [-0.3, -0.25) is 0 Å². The Balaban J connectivity index is 2.56. The van der Waals surface area contributed by atoms with E-state index in [0.717, 1.165) is 27.2 Å². The smallest absolute Gasteiger partial charge is 0.406 e. The van der Waals surface area contributed by atoms with Gasteiger partial charge in [-0.05, 0) is 34.9 Å². The van der Waals surface area contributed by atoms with E-state index >= 15 is 0 Å². The number of anilines is 1. The molecule has 0 spiro atoms. The minimum Gasteiger partial charge on any atom is -0.496 e. The van der Waals surface area contributed by atoms with Gasteiger partial charge in [0.1, 0.15) is 10.4 Å². The van der Waals surface area contributed by atoms with Crippen LogP contribution >= 0.6 is 15.9 Å². The van der Waals surface area contributed by atoms with Crippen LogP contribution in [0.15, 0.2) is 41.1 Å². The summed E-state index contributed by atoms with van der Waals surface area (Å²) in [4.78, 5) is 4.18. The fourth-order valence-corrected chi connectivity index (χ4v) is 2.19. The highest BCUT2D eigenvalue weighted by atomic mass is 79.9. The second-order valence-electron chi connectivity index (χ2n) is 4.07. The number of aromatic nitrogens is 1. The van der Waals surface area contributed by atoms with Crippen LogP contribution < -0.4 is 9.96 Å². The molecule has 0 amide bonds. The molecule has 1 heterocycles. The molecule has 6 heteroatoms. The Kier molecular flexibility index (Phi) is 4.45. The van der Waals surface area contributed by atoms with Gasteiger partial charge in [-0.15, -0.1) is 0 Å². The third-order valence-electron chi connectivity index (χ3n) is 2.63. The number of rotatable bonds is 4. The number of nitrogens with zero attached hydrogens (tertiary/aromatic N) is 1. The quantitative estimate of drug-likeness (QED) is 0.671. The number of methoxy groups -OCH3 is 1. The molecule has 0 radical (unpaired) electrons. The van der Waals surface area contributed by atoms with E-state index in [1.165, 1.54) is 0 Å². The normalized spacial score (nSPS) is 10.1. The highest BCUT2D eigenvalue weighted by Crippen LogP contribution is 2.35. The lowest BCUT2D eigenvalue weighted by Gasteiger charge is -2.15. The number of benzene rings is 1. The maximum atomic E-state index is 9.49. The molecule has 0 unspecified atom stereocenters. The maximum absolute atomic E-state index is 9.49. The van der Waals surface area contributed by atoms with Gasteiger partial charge in [0, 0.05) is 11.1 Å². The fourth-order valence-electron chi connectivity index (χ4n) is 1.86. The number of hydrogen-bond acceptors (Lipinski definition) is 4. The van der Waals surface area contributed by atoms with Crippen molar-refractivity contribution >= 4 is 28.7 Å². The summed E-state index contributed by atoms with van der Waals surface area (Å²) >= 11 is 3.36. The summed E-state index contributed by atoms with van der Waals surface area (Å²) in [6, 6.07) is 9.62. The van der Waals surface area contributed by atoms with Crippen LogP contribution in [0.3, 0.4) is 0 Å². The number of hydrogen-bond donors (Lipinski definition) is 2. The Morgan fingerprint density at radius 3 is 2.74 bits per heavy atom. The van der Waals surface area contributed by atoms with Crippen molar-refractivity contribution in [2.45, 2.75) is 6.82 Å². The molecular formula is C13H14BBrN2O2. The highest BCUT2D eigenvalue weighted by Gasteiger charge is 2.13. The first-order chi connectivity index (χ1) is 9.11. The predicted molar refractivity (Wildman–Crippen MR) is 81.4 cm³/mol. The molecule has 19 heavy (non-hydrogen) atoms. The van der Waals surface area contributed by atoms with Crippen LogP contribution in [0, 0.1) is 0 Å². The zero-order valence-electron chi connectivity index (χ0n) is 10.7. The first kappa shape index (κ1) is 13.9. The molecule has 2 aromatic rings. The second kappa shape index (κ2) is 6.08. The predicted octanol–water partition coefficient (Wildman–Crippen LogP) is 3.04. The number of nitrogens with one attached hydrogen (secondary N) is 1. The van der Waals surface area contributed by atoms with Gasteiger partial charge < -0.3 is 15.0 Å². The maximum Gasteiger partial charge on any atom is 0.406 e. The zero-order chi connectivity index (χ0) is 13.8. The molecule has 0 aliphatic carbocycles.